The number of carbonyl (C=O) groups excluding carboxylic acids is 2. The summed E-state index contributed by atoms with van der Waals surface area (Å²) in [6.45, 7) is 6.47. The van der Waals surface area contributed by atoms with Gasteiger partial charge in [-0.1, -0.05) is 31.2 Å². The molecule has 1 heterocycles. The minimum atomic E-state index is -0.650. The van der Waals surface area contributed by atoms with Gasteiger partial charge in [0, 0.05) is 29.9 Å². The van der Waals surface area contributed by atoms with Gasteiger partial charge in [0.05, 0.1) is 12.1 Å². The van der Waals surface area contributed by atoms with Crippen molar-refractivity contribution < 1.29 is 14.3 Å². The molecule has 31 heavy (non-hydrogen) atoms. The van der Waals surface area contributed by atoms with E-state index in [1.54, 1.807) is 31.2 Å². The molecule has 3 aromatic rings. The summed E-state index contributed by atoms with van der Waals surface area (Å²) in [5.74, 6) is -0.959. The zero-order valence-electron chi connectivity index (χ0n) is 18.0. The van der Waals surface area contributed by atoms with Crippen LogP contribution in [-0.4, -0.2) is 23.1 Å². The maximum Gasteiger partial charge on any atom is 0.343 e. The highest BCUT2D eigenvalue weighted by Gasteiger charge is 2.16. The molecule has 0 spiro atoms. The molecule has 0 saturated heterocycles. The van der Waals surface area contributed by atoms with Crippen LogP contribution in [0.3, 0.4) is 0 Å². The van der Waals surface area contributed by atoms with Gasteiger partial charge in [-0.2, -0.15) is 0 Å². The molecule has 0 bridgehead atoms. The lowest BCUT2D eigenvalue weighted by molar-refractivity contribution is -0.111. The number of fused-ring (bicyclic) bond motifs is 1. The number of nitrogens with zero attached hydrogens (tertiary/aromatic N) is 1. The summed E-state index contributed by atoms with van der Waals surface area (Å²) in [4.78, 5) is 37.4. The number of pyridine rings is 1. The summed E-state index contributed by atoms with van der Waals surface area (Å²) in [5, 5.41) is 3.13. The smallest absolute Gasteiger partial charge is 0.343 e. The van der Waals surface area contributed by atoms with Gasteiger partial charge in [-0.15, -0.1) is 0 Å². The van der Waals surface area contributed by atoms with Crippen LogP contribution in [0.4, 0.5) is 5.69 Å². The van der Waals surface area contributed by atoms with Crippen molar-refractivity contribution in [1.82, 2.24) is 4.57 Å². The van der Waals surface area contributed by atoms with E-state index in [1.165, 1.54) is 17.8 Å². The number of hydrogen-bond acceptors (Lipinski definition) is 4. The molecule has 0 aliphatic carbocycles. The Labute approximate surface area is 181 Å². The number of esters is 1. The number of carbonyl (C=O) groups is 2. The lowest BCUT2D eigenvalue weighted by Crippen LogP contribution is -2.21. The molecule has 6 nitrogen and oxygen atoms in total. The molecule has 0 fully saturated rings. The molecule has 2 aromatic carbocycles. The zero-order valence-corrected chi connectivity index (χ0v) is 18.0. The quantitative estimate of drug-likeness (QED) is 0.455. The maximum atomic E-state index is 12.9. The number of aryl methyl sites for hydroxylation is 2. The van der Waals surface area contributed by atoms with Crippen molar-refractivity contribution in [2.24, 2.45) is 0 Å². The van der Waals surface area contributed by atoms with Crippen LogP contribution in [0.2, 0.25) is 0 Å². The topological polar surface area (TPSA) is 77.4 Å². The number of benzene rings is 2. The predicted molar refractivity (Wildman–Crippen MR) is 123 cm³/mol. The van der Waals surface area contributed by atoms with E-state index < -0.39 is 11.4 Å². The minimum Gasteiger partial charge on any atom is -0.462 e. The molecule has 1 N–H and O–H groups in total. The standard InChI is InChI=1S/C25H26N2O4/c1-4-17-7-9-18(10-8-17)11-14-23(28)26-19-12-13-22-20(15-19)24(29)21(16-27(22)5-2)25(30)31-6-3/h7-16H,4-6H2,1-3H3,(H,26,28)/b14-11+. The number of nitrogens with one attached hydrogen (secondary N) is 1. The van der Waals surface area contributed by atoms with E-state index in [-0.39, 0.29) is 18.1 Å². The largest absolute Gasteiger partial charge is 0.462 e. The molecule has 0 aliphatic rings. The van der Waals surface area contributed by atoms with Gasteiger partial charge < -0.3 is 14.6 Å². The summed E-state index contributed by atoms with van der Waals surface area (Å²) in [5.41, 5.74) is 2.89. The van der Waals surface area contributed by atoms with E-state index >= 15 is 0 Å². The first-order valence-electron chi connectivity index (χ1n) is 10.4. The summed E-state index contributed by atoms with van der Waals surface area (Å²) >= 11 is 0. The normalized spacial score (nSPS) is 11.1. The predicted octanol–water partition coefficient (Wildman–Crippen LogP) is 4.41. The Morgan fingerprint density at radius 3 is 2.45 bits per heavy atom. The van der Waals surface area contributed by atoms with Crippen molar-refractivity contribution >= 4 is 34.5 Å². The van der Waals surface area contributed by atoms with Crippen molar-refractivity contribution in [2.75, 3.05) is 11.9 Å². The van der Waals surface area contributed by atoms with Crippen molar-refractivity contribution in [3.63, 3.8) is 0 Å². The number of hydrogen-bond donors (Lipinski definition) is 1. The Balaban J connectivity index is 1.87. The third-order valence-corrected chi connectivity index (χ3v) is 5.00. The van der Waals surface area contributed by atoms with Gasteiger partial charge in [0.2, 0.25) is 11.3 Å². The van der Waals surface area contributed by atoms with E-state index in [0.29, 0.717) is 23.1 Å². The second-order valence-electron chi connectivity index (χ2n) is 7.03. The van der Waals surface area contributed by atoms with Crippen LogP contribution in [0, 0.1) is 0 Å². The van der Waals surface area contributed by atoms with Crippen molar-refractivity contribution in [2.45, 2.75) is 33.7 Å². The van der Waals surface area contributed by atoms with Crippen molar-refractivity contribution in [1.29, 1.82) is 0 Å². The number of anilines is 1. The van der Waals surface area contributed by atoms with Gasteiger partial charge in [0.15, 0.2) is 0 Å². The molecular formula is C25H26N2O4. The van der Waals surface area contributed by atoms with E-state index in [1.807, 2.05) is 35.8 Å². The van der Waals surface area contributed by atoms with Crippen molar-refractivity contribution in [3.8, 4) is 0 Å². The second kappa shape index (κ2) is 9.89. The van der Waals surface area contributed by atoms with Crippen LogP contribution in [-0.2, 0) is 22.5 Å². The SMILES string of the molecule is CCOC(=O)c1cn(CC)c2ccc(NC(=O)/C=C/c3ccc(CC)cc3)cc2c1=O. The van der Waals surface area contributed by atoms with Gasteiger partial charge in [0.1, 0.15) is 5.56 Å². The molecule has 0 saturated carbocycles. The van der Waals surface area contributed by atoms with Crippen LogP contribution in [0.1, 0.15) is 42.3 Å². The van der Waals surface area contributed by atoms with Crippen LogP contribution < -0.4 is 10.7 Å². The Morgan fingerprint density at radius 1 is 1.06 bits per heavy atom. The van der Waals surface area contributed by atoms with Crippen LogP contribution in [0.25, 0.3) is 17.0 Å². The number of aromatic nitrogens is 1. The van der Waals surface area contributed by atoms with Gasteiger partial charge >= 0.3 is 5.97 Å². The highest BCUT2D eigenvalue weighted by atomic mass is 16.5. The van der Waals surface area contributed by atoms with Gasteiger partial charge in [-0.05, 0) is 55.7 Å². The Kier molecular flexibility index (Phi) is 7.03. The Bertz CT molecular complexity index is 1190. The van der Waals surface area contributed by atoms with Gasteiger partial charge in [-0.3, -0.25) is 9.59 Å². The lowest BCUT2D eigenvalue weighted by Gasteiger charge is -2.12. The highest BCUT2D eigenvalue weighted by Crippen LogP contribution is 2.18. The molecule has 160 valence electrons. The number of amides is 1. The molecule has 0 aliphatic heterocycles. The minimum absolute atomic E-state index is 0.0184. The molecule has 1 aromatic heterocycles. The van der Waals surface area contributed by atoms with Crippen LogP contribution in [0.15, 0.2) is 59.5 Å². The summed E-state index contributed by atoms with van der Waals surface area (Å²) in [6, 6.07) is 13.1. The zero-order chi connectivity index (χ0) is 22.4. The monoisotopic (exact) mass is 418 g/mol. The van der Waals surface area contributed by atoms with E-state index in [4.69, 9.17) is 4.74 Å². The van der Waals surface area contributed by atoms with Crippen LogP contribution >= 0.6 is 0 Å². The molecule has 1 amide bonds. The molecular weight excluding hydrogens is 392 g/mol. The summed E-state index contributed by atoms with van der Waals surface area (Å²) < 4.78 is 6.82. The van der Waals surface area contributed by atoms with Gasteiger partial charge in [0.25, 0.3) is 0 Å². The number of ether oxygens (including phenoxy) is 1. The highest BCUT2D eigenvalue weighted by molar-refractivity contribution is 6.03. The first-order valence-corrected chi connectivity index (χ1v) is 10.4. The first kappa shape index (κ1) is 22.0. The fraction of sp³-hybridized carbons (Fsp3) is 0.240. The molecule has 3 rings (SSSR count). The Morgan fingerprint density at radius 2 is 1.81 bits per heavy atom. The van der Waals surface area contributed by atoms with Crippen molar-refractivity contribution in [3.05, 3.63) is 81.7 Å². The third kappa shape index (κ3) is 5.09. The molecule has 0 unspecified atom stereocenters. The summed E-state index contributed by atoms with van der Waals surface area (Å²) in [7, 11) is 0. The van der Waals surface area contributed by atoms with Gasteiger partial charge in [-0.25, -0.2) is 4.79 Å². The van der Waals surface area contributed by atoms with E-state index in [9.17, 15) is 14.4 Å². The first-order chi connectivity index (χ1) is 15.0. The van der Waals surface area contributed by atoms with E-state index in [2.05, 4.69) is 12.2 Å². The maximum absolute atomic E-state index is 12.9. The average Bonchev–Trinajstić information content (AvgIpc) is 2.78. The second-order valence-corrected chi connectivity index (χ2v) is 7.03. The molecule has 0 radical (unpaired) electrons. The fourth-order valence-electron chi connectivity index (χ4n) is 3.31. The third-order valence-electron chi connectivity index (χ3n) is 5.00. The Hall–Kier alpha value is -3.67. The van der Waals surface area contributed by atoms with E-state index in [0.717, 1.165) is 12.0 Å². The summed E-state index contributed by atoms with van der Waals surface area (Å²) in [6.07, 6.45) is 5.67. The van der Waals surface area contributed by atoms with Crippen LogP contribution in [0.5, 0.6) is 0 Å². The number of rotatable bonds is 7. The fourth-order valence-corrected chi connectivity index (χ4v) is 3.31. The lowest BCUT2D eigenvalue weighted by atomic mass is 10.1. The average molecular weight is 418 g/mol. The molecule has 6 heteroatoms. The molecule has 0 atom stereocenters.